The normalized spacial score (nSPS) is 16.8. The minimum atomic E-state index is -3.51. The summed E-state index contributed by atoms with van der Waals surface area (Å²) < 4.78 is 32.2. The maximum absolute atomic E-state index is 12.7. The molecule has 2 heterocycles. The SMILES string of the molecule is CC(/C=N\NC(=O)CN1CCN(S(=O)(=O)c2ccc(C)cc2)CC1)=C\c1ccco1. The van der Waals surface area contributed by atoms with Gasteiger partial charge in [-0.15, -0.1) is 0 Å². The molecule has 1 saturated heterocycles. The molecule has 0 unspecified atom stereocenters. The first-order valence-electron chi connectivity index (χ1n) is 9.67. The molecule has 9 heteroatoms. The number of hydrogen-bond acceptors (Lipinski definition) is 6. The van der Waals surface area contributed by atoms with Crippen LogP contribution >= 0.6 is 0 Å². The molecule has 0 spiro atoms. The first kappa shape index (κ1) is 21.9. The van der Waals surface area contributed by atoms with E-state index in [0.717, 1.165) is 11.1 Å². The zero-order chi connectivity index (χ0) is 21.6. The van der Waals surface area contributed by atoms with Crippen LogP contribution in [0.25, 0.3) is 6.08 Å². The molecule has 0 bridgehead atoms. The van der Waals surface area contributed by atoms with Crippen molar-refractivity contribution < 1.29 is 17.6 Å². The number of nitrogens with zero attached hydrogens (tertiary/aromatic N) is 3. The molecule has 2 aromatic rings. The Labute approximate surface area is 176 Å². The van der Waals surface area contributed by atoms with Crippen LogP contribution in [0, 0.1) is 6.92 Å². The van der Waals surface area contributed by atoms with Crippen molar-refractivity contribution in [2.45, 2.75) is 18.7 Å². The number of rotatable bonds is 7. The summed E-state index contributed by atoms with van der Waals surface area (Å²) in [5, 5.41) is 3.95. The van der Waals surface area contributed by atoms with Crippen LogP contribution in [-0.2, 0) is 14.8 Å². The van der Waals surface area contributed by atoms with Crippen molar-refractivity contribution in [1.29, 1.82) is 0 Å². The first-order valence-corrected chi connectivity index (χ1v) is 11.1. The number of hydrazone groups is 1. The van der Waals surface area contributed by atoms with Crippen molar-refractivity contribution in [2.75, 3.05) is 32.7 Å². The topological polar surface area (TPSA) is 95.2 Å². The molecule has 0 aliphatic carbocycles. The fraction of sp³-hybridized carbons (Fsp3) is 0.333. The summed E-state index contributed by atoms with van der Waals surface area (Å²) in [5.41, 5.74) is 4.35. The number of aryl methyl sites for hydroxylation is 1. The van der Waals surface area contributed by atoms with E-state index in [2.05, 4.69) is 10.5 Å². The number of nitrogens with one attached hydrogen (secondary N) is 1. The van der Waals surface area contributed by atoms with Gasteiger partial charge in [0.1, 0.15) is 5.76 Å². The Morgan fingerprint density at radius 2 is 1.87 bits per heavy atom. The second-order valence-electron chi connectivity index (χ2n) is 7.19. The zero-order valence-corrected chi connectivity index (χ0v) is 17.9. The first-order chi connectivity index (χ1) is 14.3. The van der Waals surface area contributed by atoms with E-state index in [1.54, 1.807) is 42.8 Å². The van der Waals surface area contributed by atoms with Gasteiger partial charge in [-0.1, -0.05) is 17.7 Å². The summed E-state index contributed by atoms with van der Waals surface area (Å²) in [6.07, 6.45) is 4.94. The molecule has 1 amide bonds. The molecule has 1 N–H and O–H groups in total. The summed E-state index contributed by atoms with van der Waals surface area (Å²) in [6, 6.07) is 10.5. The van der Waals surface area contributed by atoms with Crippen LogP contribution in [-0.4, -0.2) is 62.5 Å². The third-order valence-corrected chi connectivity index (χ3v) is 6.64. The number of furan rings is 1. The van der Waals surface area contributed by atoms with Crippen molar-refractivity contribution in [1.82, 2.24) is 14.6 Å². The fourth-order valence-electron chi connectivity index (χ4n) is 3.07. The van der Waals surface area contributed by atoms with Crippen LogP contribution in [0.4, 0.5) is 0 Å². The zero-order valence-electron chi connectivity index (χ0n) is 17.1. The highest BCUT2D eigenvalue weighted by molar-refractivity contribution is 7.89. The van der Waals surface area contributed by atoms with Gasteiger partial charge in [0.25, 0.3) is 5.91 Å². The highest BCUT2D eigenvalue weighted by atomic mass is 32.2. The van der Waals surface area contributed by atoms with Gasteiger partial charge < -0.3 is 4.42 Å². The van der Waals surface area contributed by atoms with Gasteiger partial charge in [0.15, 0.2) is 0 Å². The third kappa shape index (κ3) is 5.88. The molecule has 0 saturated carbocycles. The van der Waals surface area contributed by atoms with Crippen LogP contribution < -0.4 is 5.43 Å². The number of benzene rings is 1. The van der Waals surface area contributed by atoms with Crippen LogP contribution in [0.2, 0.25) is 0 Å². The molecule has 0 radical (unpaired) electrons. The van der Waals surface area contributed by atoms with Crippen LogP contribution in [0.3, 0.4) is 0 Å². The van der Waals surface area contributed by atoms with E-state index >= 15 is 0 Å². The highest BCUT2D eigenvalue weighted by Crippen LogP contribution is 2.18. The molecule has 1 fully saturated rings. The highest BCUT2D eigenvalue weighted by Gasteiger charge is 2.28. The van der Waals surface area contributed by atoms with Crippen LogP contribution in [0.5, 0.6) is 0 Å². The number of allylic oxidation sites excluding steroid dienone is 1. The molecule has 1 aliphatic rings. The van der Waals surface area contributed by atoms with Crippen LogP contribution in [0.1, 0.15) is 18.2 Å². The number of carbonyl (C=O) groups excluding carboxylic acids is 1. The summed E-state index contributed by atoms with van der Waals surface area (Å²) >= 11 is 0. The molecule has 160 valence electrons. The monoisotopic (exact) mass is 430 g/mol. The predicted molar refractivity (Wildman–Crippen MR) is 115 cm³/mol. The summed E-state index contributed by atoms with van der Waals surface area (Å²) in [4.78, 5) is 14.3. The summed E-state index contributed by atoms with van der Waals surface area (Å²) in [7, 11) is -3.51. The Hall–Kier alpha value is -2.75. The van der Waals surface area contributed by atoms with Gasteiger partial charge in [-0.3, -0.25) is 9.69 Å². The summed E-state index contributed by atoms with van der Waals surface area (Å²) in [5.74, 6) is 0.468. The molecular formula is C21H26N4O4S. The lowest BCUT2D eigenvalue weighted by molar-refractivity contribution is -0.122. The van der Waals surface area contributed by atoms with Crippen molar-refractivity contribution in [3.05, 3.63) is 59.6 Å². The average Bonchev–Trinajstić information content (AvgIpc) is 3.21. The lowest BCUT2D eigenvalue weighted by atomic mass is 10.2. The lowest BCUT2D eigenvalue weighted by Crippen LogP contribution is -2.50. The third-order valence-electron chi connectivity index (χ3n) is 4.73. The maximum atomic E-state index is 12.7. The van der Waals surface area contributed by atoms with E-state index in [0.29, 0.717) is 36.8 Å². The van der Waals surface area contributed by atoms with Gasteiger partial charge in [0.2, 0.25) is 10.0 Å². The number of piperazine rings is 1. The Balaban J connectivity index is 1.45. The van der Waals surface area contributed by atoms with Crippen molar-refractivity contribution in [2.24, 2.45) is 5.10 Å². The molecule has 30 heavy (non-hydrogen) atoms. The Kier molecular flexibility index (Phi) is 7.20. The largest absolute Gasteiger partial charge is 0.465 e. The standard InChI is InChI=1S/C21H26N4O4S/c1-17-5-7-20(8-6-17)30(27,28)25-11-9-24(10-12-25)16-21(26)23-22-15-18(2)14-19-4-3-13-29-19/h3-8,13-15H,9-12,16H2,1-2H3,(H,23,26)/b18-14+,22-15-. The van der Waals surface area contributed by atoms with E-state index in [4.69, 9.17) is 4.42 Å². The maximum Gasteiger partial charge on any atom is 0.254 e. The second-order valence-corrected chi connectivity index (χ2v) is 9.13. The predicted octanol–water partition coefficient (Wildman–Crippen LogP) is 2.10. The van der Waals surface area contributed by atoms with Crippen molar-refractivity contribution >= 4 is 28.2 Å². The molecule has 1 aromatic carbocycles. The molecule has 1 aromatic heterocycles. The molecule has 1 aliphatic heterocycles. The molecule has 8 nitrogen and oxygen atoms in total. The number of carbonyl (C=O) groups is 1. The summed E-state index contributed by atoms with van der Waals surface area (Å²) in [6.45, 7) is 5.60. The average molecular weight is 431 g/mol. The minimum Gasteiger partial charge on any atom is -0.465 e. The van der Waals surface area contributed by atoms with Gasteiger partial charge in [0, 0.05) is 26.2 Å². The Morgan fingerprint density at radius 3 is 2.50 bits per heavy atom. The molecule has 3 rings (SSSR count). The molecular weight excluding hydrogens is 404 g/mol. The quantitative estimate of drug-likeness (QED) is 0.536. The van der Waals surface area contributed by atoms with E-state index < -0.39 is 10.0 Å². The number of hydrogen-bond donors (Lipinski definition) is 1. The van der Waals surface area contributed by atoms with E-state index in [-0.39, 0.29) is 12.5 Å². The van der Waals surface area contributed by atoms with Crippen LogP contribution in [0.15, 0.2) is 62.6 Å². The van der Waals surface area contributed by atoms with Gasteiger partial charge in [0.05, 0.1) is 23.9 Å². The fourth-order valence-corrected chi connectivity index (χ4v) is 4.49. The van der Waals surface area contributed by atoms with Gasteiger partial charge in [-0.2, -0.15) is 9.41 Å². The Morgan fingerprint density at radius 1 is 1.17 bits per heavy atom. The Bertz CT molecular complexity index is 1000. The lowest BCUT2D eigenvalue weighted by Gasteiger charge is -2.33. The molecule has 0 atom stereocenters. The van der Waals surface area contributed by atoms with Gasteiger partial charge >= 0.3 is 0 Å². The van der Waals surface area contributed by atoms with Gasteiger partial charge in [-0.05, 0) is 49.8 Å². The number of sulfonamides is 1. The van der Waals surface area contributed by atoms with E-state index in [9.17, 15) is 13.2 Å². The number of amides is 1. The smallest absolute Gasteiger partial charge is 0.254 e. The second kappa shape index (κ2) is 9.84. The van der Waals surface area contributed by atoms with E-state index in [1.165, 1.54) is 4.31 Å². The van der Waals surface area contributed by atoms with Gasteiger partial charge in [-0.25, -0.2) is 13.8 Å². The van der Waals surface area contributed by atoms with E-state index in [1.807, 2.05) is 30.9 Å². The van der Waals surface area contributed by atoms with Crippen molar-refractivity contribution in [3.63, 3.8) is 0 Å². The van der Waals surface area contributed by atoms with Crippen molar-refractivity contribution in [3.8, 4) is 0 Å². The minimum absolute atomic E-state index is 0.163.